The largest absolute Gasteiger partial charge is 0.355 e. The van der Waals surface area contributed by atoms with Gasteiger partial charge in [0.15, 0.2) is 0 Å². The fourth-order valence-corrected chi connectivity index (χ4v) is 5.11. The van der Waals surface area contributed by atoms with Crippen LogP contribution in [0.25, 0.3) is 23.1 Å². The quantitative estimate of drug-likeness (QED) is 0.313. The molecule has 2 heterocycles. The Labute approximate surface area is 205 Å². The first-order valence-electron chi connectivity index (χ1n) is 11.5. The van der Waals surface area contributed by atoms with E-state index in [9.17, 15) is 4.79 Å². The van der Waals surface area contributed by atoms with Crippen molar-refractivity contribution >= 4 is 40.7 Å². The lowest BCUT2D eigenvalue weighted by Gasteiger charge is -2.26. The molecule has 0 spiro atoms. The first-order valence-corrected chi connectivity index (χ1v) is 12.4. The zero-order valence-electron chi connectivity index (χ0n) is 20.1. The zero-order chi connectivity index (χ0) is 24.1. The second-order valence-corrected chi connectivity index (χ2v) is 9.92. The second kappa shape index (κ2) is 10.3. The number of nitrogens with zero attached hydrogens (tertiary/aromatic N) is 3. The Kier molecular flexibility index (Phi) is 7.17. The number of fused-ring (bicyclic) bond motifs is 1. The molecule has 4 rings (SSSR count). The smallest absolute Gasteiger partial charge is 0.252 e. The van der Waals surface area contributed by atoms with Gasteiger partial charge < -0.3 is 5.32 Å². The first-order chi connectivity index (χ1) is 16.4. The van der Waals surface area contributed by atoms with Crippen molar-refractivity contribution in [2.75, 3.05) is 7.05 Å². The van der Waals surface area contributed by atoms with Crippen LogP contribution in [0.2, 0.25) is 0 Å². The van der Waals surface area contributed by atoms with Crippen LogP contribution in [0.1, 0.15) is 55.4 Å². The van der Waals surface area contributed by atoms with Crippen LogP contribution in [0, 0.1) is 0 Å². The van der Waals surface area contributed by atoms with Crippen molar-refractivity contribution in [1.82, 2.24) is 20.1 Å². The Morgan fingerprint density at radius 2 is 1.88 bits per heavy atom. The zero-order valence-corrected chi connectivity index (χ0v) is 20.9. The number of hydrogen-bond donors (Lipinski definition) is 1. The SMILES string of the molecule is CCCC(C)(C)n1nc(/C=C/c2ccccn2)c2ccc(Sc3ccccc3C(=O)NC)cc21. The van der Waals surface area contributed by atoms with Gasteiger partial charge in [-0.1, -0.05) is 43.3 Å². The maximum Gasteiger partial charge on any atom is 0.252 e. The van der Waals surface area contributed by atoms with Crippen molar-refractivity contribution in [1.29, 1.82) is 0 Å². The molecule has 5 nitrogen and oxygen atoms in total. The molecule has 1 amide bonds. The van der Waals surface area contributed by atoms with Crippen molar-refractivity contribution in [2.45, 2.75) is 48.9 Å². The number of carbonyl (C=O) groups excluding carboxylic acids is 1. The Hall–Kier alpha value is -3.38. The summed E-state index contributed by atoms with van der Waals surface area (Å²) in [5, 5.41) is 8.86. The summed E-state index contributed by atoms with van der Waals surface area (Å²) in [7, 11) is 1.66. The summed E-state index contributed by atoms with van der Waals surface area (Å²) in [5.41, 5.74) is 3.45. The molecular weight excluding hydrogens is 440 g/mol. The van der Waals surface area contributed by atoms with Crippen LogP contribution in [0.3, 0.4) is 0 Å². The highest BCUT2D eigenvalue weighted by Gasteiger charge is 2.24. The predicted molar refractivity (Wildman–Crippen MR) is 141 cm³/mol. The van der Waals surface area contributed by atoms with Gasteiger partial charge in [-0.05, 0) is 74.9 Å². The maximum atomic E-state index is 12.3. The summed E-state index contributed by atoms with van der Waals surface area (Å²) in [5.74, 6) is -0.0831. The van der Waals surface area contributed by atoms with Gasteiger partial charge in [-0.3, -0.25) is 14.5 Å². The van der Waals surface area contributed by atoms with Crippen LogP contribution in [0.5, 0.6) is 0 Å². The van der Waals surface area contributed by atoms with Gasteiger partial charge in [-0.2, -0.15) is 5.10 Å². The van der Waals surface area contributed by atoms with E-state index in [1.54, 1.807) is 25.0 Å². The van der Waals surface area contributed by atoms with Crippen molar-refractivity contribution in [3.63, 3.8) is 0 Å². The molecule has 0 saturated carbocycles. The minimum absolute atomic E-state index is 0.0831. The van der Waals surface area contributed by atoms with Gasteiger partial charge in [-0.15, -0.1) is 0 Å². The van der Waals surface area contributed by atoms with E-state index in [4.69, 9.17) is 5.10 Å². The van der Waals surface area contributed by atoms with E-state index >= 15 is 0 Å². The van der Waals surface area contributed by atoms with E-state index in [0.717, 1.165) is 44.9 Å². The molecule has 0 fully saturated rings. The van der Waals surface area contributed by atoms with Gasteiger partial charge in [0, 0.05) is 28.4 Å². The molecule has 174 valence electrons. The fourth-order valence-electron chi connectivity index (χ4n) is 4.13. The summed E-state index contributed by atoms with van der Waals surface area (Å²) in [6.07, 6.45) is 7.92. The number of aromatic nitrogens is 3. The molecule has 0 radical (unpaired) electrons. The monoisotopic (exact) mass is 470 g/mol. The molecule has 0 aliphatic carbocycles. The van der Waals surface area contributed by atoms with Gasteiger partial charge in [-0.25, -0.2) is 0 Å². The Morgan fingerprint density at radius 1 is 1.09 bits per heavy atom. The third kappa shape index (κ3) is 5.07. The summed E-state index contributed by atoms with van der Waals surface area (Å²) in [6.45, 7) is 6.66. The minimum Gasteiger partial charge on any atom is -0.355 e. The van der Waals surface area contributed by atoms with E-state index in [0.29, 0.717) is 5.56 Å². The predicted octanol–water partition coefficient (Wildman–Crippen LogP) is 6.65. The first kappa shape index (κ1) is 23.8. The summed E-state index contributed by atoms with van der Waals surface area (Å²) < 4.78 is 2.15. The summed E-state index contributed by atoms with van der Waals surface area (Å²) >= 11 is 1.59. The standard InChI is InChI=1S/C28H30N4OS/c1-5-17-28(2,3)32-25-19-21(34-26-12-7-6-11-23(26)27(33)29-4)14-15-22(25)24(31-32)16-13-20-10-8-9-18-30-20/h6-16,18-19H,5,17H2,1-4H3,(H,29,33)/b16-13+. The molecule has 34 heavy (non-hydrogen) atoms. The molecule has 0 unspecified atom stereocenters. The number of pyridine rings is 1. The summed E-state index contributed by atoms with van der Waals surface area (Å²) in [4.78, 5) is 18.7. The second-order valence-electron chi connectivity index (χ2n) is 8.80. The van der Waals surface area contributed by atoms with E-state index in [1.807, 2.05) is 54.6 Å². The molecule has 0 atom stereocenters. The van der Waals surface area contributed by atoms with Gasteiger partial charge in [0.1, 0.15) is 0 Å². The highest BCUT2D eigenvalue weighted by molar-refractivity contribution is 7.99. The van der Waals surface area contributed by atoms with Crippen molar-refractivity contribution in [3.05, 3.63) is 83.8 Å². The van der Waals surface area contributed by atoms with Gasteiger partial charge in [0.25, 0.3) is 5.91 Å². The lowest BCUT2D eigenvalue weighted by molar-refractivity contribution is 0.0960. The highest BCUT2D eigenvalue weighted by Crippen LogP contribution is 2.35. The molecule has 0 bridgehead atoms. The third-order valence-electron chi connectivity index (χ3n) is 5.80. The average Bonchev–Trinajstić information content (AvgIpc) is 3.22. The van der Waals surface area contributed by atoms with Crippen molar-refractivity contribution in [3.8, 4) is 0 Å². The Balaban J connectivity index is 1.78. The Bertz CT molecular complexity index is 1330. The fraction of sp³-hybridized carbons (Fsp3) is 0.250. The molecular formula is C28H30N4OS. The van der Waals surface area contributed by atoms with E-state index in [2.05, 4.69) is 54.0 Å². The van der Waals surface area contributed by atoms with E-state index < -0.39 is 0 Å². The molecule has 6 heteroatoms. The van der Waals surface area contributed by atoms with Gasteiger partial charge in [0.05, 0.1) is 28.0 Å². The number of rotatable bonds is 8. The van der Waals surface area contributed by atoms with Crippen LogP contribution < -0.4 is 5.32 Å². The number of amides is 1. The number of benzene rings is 2. The third-order valence-corrected chi connectivity index (χ3v) is 6.87. The topological polar surface area (TPSA) is 59.8 Å². The van der Waals surface area contributed by atoms with Crippen molar-refractivity contribution in [2.24, 2.45) is 0 Å². The number of hydrogen-bond acceptors (Lipinski definition) is 4. The van der Waals surface area contributed by atoms with E-state index in [-0.39, 0.29) is 11.4 Å². The van der Waals surface area contributed by atoms with Crippen molar-refractivity contribution < 1.29 is 4.79 Å². The lowest BCUT2D eigenvalue weighted by Crippen LogP contribution is -2.27. The van der Waals surface area contributed by atoms with Crippen LogP contribution >= 0.6 is 11.8 Å². The van der Waals surface area contributed by atoms with Crippen LogP contribution in [0.4, 0.5) is 0 Å². The molecule has 0 aliphatic heterocycles. The van der Waals surface area contributed by atoms with Crippen LogP contribution in [-0.4, -0.2) is 27.7 Å². The van der Waals surface area contributed by atoms with Crippen LogP contribution in [-0.2, 0) is 5.54 Å². The number of nitrogens with one attached hydrogen (secondary N) is 1. The minimum atomic E-state index is -0.132. The average molecular weight is 471 g/mol. The number of carbonyl (C=O) groups is 1. The highest BCUT2D eigenvalue weighted by atomic mass is 32.2. The molecule has 2 aromatic carbocycles. The normalized spacial score (nSPS) is 11.9. The van der Waals surface area contributed by atoms with E-state index in [1.165, 1.54) is 0 Å². The molecule has 2 aromatic heterocycles. The molecule has 1 N–H and O–H groups in total. The van der Waals surface area contributed by atoms with Crippen LogP contribution in [0.15, 0.2) is 76.7 Å². The van der Waals surface area contributed by atoms with Gasteiger partial charge >= 0.3 is 0 Å². The molecule has 0 aliphatic rings. The maximum absolute atomic E-state index is 12.3. The summed E-state index contributed by atoms with van der Waals surface area (Å²) in [6, 6.07) is 20.0. The van der Waals surface area contributed by atoms with Gasteiger partial charge in [0.2, 0.25) is 0 Å². The lowest BCUT2D eigenvalue weighted by atomic mass is 9.99. The molecule has 4 aromatic rings. The Morgan fingerprint density at radius 3 is 2.62 bits per heavy atom. The molecule has 0 saturated heterocycles.